The van der Waals surface area contributed by atoms with Crippen molar-refractivity contribution in [3.63, 3.8) is 0 Å². The summed E-state index contributed by atoms with van der Waals surface area (Å²) < 4.78 is 21.6. The summed E-state index contributed by atoms with van der Waals surface area (Å²) in [5.74, 6) is 1.52. The lowest BCUT2D eigenvalue weighted by Gasteiger charge is -2.24. The lowest BCUT2D eigenvalue weighted by molar-refractivity contribution is -0.123. The zero-order valence-electron chi connectivity index (χ0n) is 20.2. The number of hydrogen-bond donors (Lipinski definition) is 1. The molecule has 184 valence electrons. The number of anilines is 1. The number of amides is 1. The van der Waals surface area contributed by atoms with Gasteiger partial charge in [0.15, 0.2) is 18.1 Å². The fraction of sp³-hybridized carbons (Fsp3) is 0.333. The molecule has 0 saturated carbocycles. The van der Waals surface area contributed by atoms with E-state index >= 15 is 0 Å². The van der Waals surface area contributed by atoms with Crippen molar-refractivity contribution in [1.29, 1.82) is 0 Å². The summed E-state index contributed by atoms with van der Waals surface area (Å²) >= 11 is 0. The van der Waals surface area contributed by atoms with Crippen LogP contribution in [0.25, 0.3) is 0 Å². The number of para-hydroxylation sites is 1. The number of ether oxygens (including phenoxy) is 3. The van der Waals surface area contributed by atoms with Gasteiger partial charge in [-0.15, -0.1) is 0 Å². The third-order valence-corrected chi connectivity index (χ3v) is 6.07. The Hall–Kier alpha value is -3.94. The van der Waals surface area contributed by atoms with E-state index in [1.54, 1.807) is 14.2 Å². The normalized spacial score (nSPS) is 14.4. The molecule has 4 rings (SSSR count). The van der Waals surface area contributed by atoms with E-state index in [1.165, 1.54) is 17.9 Å². The van der Waals surface area contributed by atoms with Gasteiger partial charge in [-0.1, -0.05) is 24.3 Å². The Labute approximate surface area is 204 Å². The van der Waals surface area contributed by atoms with E-state index in [4.69, 9.17) is 18.6 Å². The number of benzene rings is 2. The van der Waals surface area contributed by atoms with Gasteiger partial charge in [0.05, 0.1) is 20.8 Å². The van der Waals surface area contributed by atoms with Gasteiger partial charge in [0.25, 0.3) is 5.91 Å². The maximum atomic E-state index is 12.5. The molecule has 0 aliphatic carbocycles. The molecule has 0 saturated heterocycles. The Morgan fingerprint density at radius 2 is 1.89 bits per heavy atom. The molecule has 0 bridgehead atoms. The quantitative estimate of drug-likeness (QED) is 0.478. The summed E-state index contributed by atoms with van der Waals surface area (Å²) in [7, 11) is 3.16. The van der Waals surface area contributed by atoms with Crippen molar-refractivity contribution in [2.75, 3.05) is 32.3 Å². The largest absolute Gasteiger partial charge is 0.493 e. The monoisotopic (exact) mass is 478 g/mol. The van der Waals surface area contributed by atoms with E-state index < -0.39 is 0 Å². The number of rotatable bonds is 10. The maximum Gasteiger partial charge on any atom is 0.257 e. The molecule has 8 nitrogen and oxygen atoms in total. The summed E-state index contributed by atoms with van der Waals surface area (Å²) in [6.07, 6.45) is 2.85. The predicted octanol–water partition coefficient (Wildman–Crippen LogP) is 3.35. The van der Waals surface area contributed by atoms with Crippen LogP contribution in [0.15, 0.2) is 64.0 Å². The Morgan fingerprint density at radius 1 is 1.09 bits per heavy atom. The van der Waals surface area contributed by atoms with Crippen LogP contribution in [0.2, 0.25) is 0 Å². The van der Waals surface area contributed by atoms with Crippen LogP contribution in [0.5, 0.6) is 17.2 Å². The Balaban J connectivity index is 1.26. The average molecular weight is 479 g/mol. The van der Waals surface area contributed by atoms with Crippen LogP contribution in [-0.2, 0) is 24.2 Å². The van der Waals surface area contributed by atoms with Crippen LogP contribution in [0, 0.1) is 0 Å². The molecule has 0 fully saturated rings. The highest BCUT2D eigenvalue weighted by molar-refractivity contribution is 5.77. The van der Waals surface area contributed by atoms with Gasteiger partial charge in [0.1, 0.15) is 12.0 Å². The first-order chi connectivity index (χ1) is 17.0. The van der Waals surface area contributed by atoms with Crippen LogP contribution >= 0.6 is 0 Å². The fourth-order valence-electron chi connectivity index (χ4n) is 4.24. The molecule has 0 radical (unpaired) electrons. The minimum absolute atomic E-state index is 0.0126. The van der Waals surface area contributed by atoms with Crippen LogP contribution in [0.3, 0.4) is 0 Å². The Kier molecular flexibility index (Phi) is 7.60. The second-order valence-electron chi connectivity index (χ2n) is 8.46. The van der Waals surface area contributed by atoms with Crippen molar-refractivity contribution in [2.45, 2.75) is 32.4 Å². The summed E-state index contributed by atoms with van der Waals surface area (Å²) in [6, 6.07) is 15.6. The number of nitrogens with one attached hydrogen (secondary N) is 1. The van der Waals surface area contributed by atoms with Gasteiger partial charge in [-0.3, -0.25) is 9.59 Å². The molecular formula is C27H30N2O6. The van der Waals surface area contributed by atoms with Crippen molar-refractivity contribution >= 4 is 11.6 Å². The van der Waals surface area contributed by atoms with Crippen molar-refractivity contribution in [2.24, 2.45) is 0 Å². The summed E-state index contributed by atoms with van der Waals surface area (Å²) in [4.78, 5) is 26.9. The minimum Gasteiger partial charge on any atom is -0.493 e. The molecule has 35 heavy (non-hydrogen) atoms. The molecule has 1 N–H and O–H groups in total. The van der Waals surface area contributed by atoms with E-state index in [0.29, 0.717) is 42.8 Å². The molecular weight excluding hydrogens is 448 g/mol. The standard InChI is InChI=1S/C27H30N2O6/c1-18-12-20-6-4-5-7-22(20)29(18)15-21-14-23(30)26(16-34-21)35-17-27(31)28-11-10-19-8-9-24(32-2)25(13-19)33-3/h4-9,13-14,16,18H,10-12,15,17H2,1-3H3,(H,28,31)/t18-/m1/s1. The number of hydrogen-bond acceptors (Lipinski definition) is 7. The molecule has 1 aliphatic rings. The lowest BCUT2D eigenvalue weighted by Crippen LogP contribution is -2.31. The number of carbonyl (C=O) groups is 1. The molecule has 2 aromatic carbocycles. The minimum atomic E-state index is -0.323. The highest BCUT2D eigenvalue weighted by atomic mass is 16.5. The fourth-order valence-corrected chi connectivity index (χ4v) is 4.24. The maximum absolute atomic E-state index is 12.5. The number of carbonyl (C=O) groups excluding carboxylic acids is 1. The first-order valence-electron chi connectivity index (χ1n) is 11.5. The molecule has 2 heterocycles. The molecule has 8 heteroatoms. The molecule has 0 unspecified atom stereocenters. The molecule has 1 aromatic heterocycles. The van der Waals surface area contributed by atoms with Gasteiger partial charge in [0, 0.05) is 24.3 Å². The Morgan fingerprint density at radius 3 is 2.66 bits per heavy atom. The third-order valence-electron chi connectivity index (χ3n) is 6.07. The van der Waals surface area contributed by atoms with Crippen LogP contribution in [0.4, 0.5) is 5.69 Å². The van der Waals surface area contributed by atoms with Gasteiger partial charge >= 0.3 is 0 Å². The number of nitrogens with zero attached hydrogens (tertiary/aromatic N) is 1. The SMILES string of the molecule is COc1ccc(CCNC(=O)COc2coc(CN3c4ccccc4C[C@H]3C)cc2=O)cc1OC. The van der Waals surface area contributed by atoms with Crippen LogP contribution < -0.4 is 29.9 Å². The van der Waals surface area contributed by atoms with Crippen LogP contribution in [-0.4, -0.2) is 39.3 Å². The number of methoxy groups -OCH3 is 2. The second kappa shape index (κ2) is 11.0. The van der Waals surface area contributed by atoms with E-state index in [9.17, 15) is 9.59 Å². The first-order valence-corrected chi connectivity index (χ1v) is 11.5. The molecule has 1 amide bonds. The average Bonchev–Trinajstić information content (AvgIpc) is 3.18. The van der Waals surface area contributed by atoms with Gasteiger partial charge in [-0.05, 0) is 49.1 Å². The van der Waals surface area contributed by atoms with E-state index in [1.807, 2.05) is 30.3 Å². The summed E-state index contributed by atoms with van der Waals surface area (Å²) in [5, 5.41) is 2.79. The lowest BCUT2D eigenvalue weighted by atomic mass is 10.1. The first kappa shape index (κ1) is 24.2. The van der Waals surface area contributed by atoms with E-state index in [-0.39, 0.29) is 23.7 Å². The molecule has 0 spiro atoms. The van der Waals surface area contributed by atoms with Crippen molar-refractivity contribution < 1.29 is 23.4 Å². The third kappa shape index (κ3) is 5.77. The zero-order valence-corrected chi connectivity index (χ0v) is 20.2. The molecule has 1 atom stereocenters. The van der Waals surface area contributed by atoms with E-state index in [2.05, 4.69) is 29.3 Å². The van der Waals surface area contributed by atoms with E-state index in [0.717, 1.165) is 17.7 Å². The smallest absolute Gasteiger partial charge is 0.257 e. The van der Waals surface area contributed by atoms with Gasteiger partial charge in [-0.25, -0.2) is 0 Å². The predicted molar refractivity (Wildman–Crippen MR) is 133 cm³/mol. The summed E-state index contributed by atoms with van der Waals surface area (Å²) in [6.45, 7) is 2.79. The van der Waals surface area contributed by atoms with Crippen molar-refractivity contribution in [1.82, 2.24) is 5.32 Å². The zero-order chi connectivity index (χ0) is 24.8. The molecule has 1 aliphatic heterocycles. The topological polar surface area (TPSA) is 90.2 Å². The van der Waals surface area contributed by atoms with Crippen molar-refractivity contribution in [3.05, 3.63) is 81.9 Å². The van der Waals surface area contributed by atoms with Crippen LogP contribution in [0.1, 0.15) is 23.8 Å². The summed E-state index contributed by atoms with van der Waals surface area (Å²) in [5.41, 5.74) is 3.13. The van der Waals surface area contributed by atoms with Gasteiger partial charge in [0.2, 0.25) is 11.2 Å². The Bertz CT molecular complexity index is 1240. The van der Waals surface area contributed by atoms with Gasteiger partial charge < -0.3 is 28.8 Å². The number of fused-ring (bicyclic) bond motifs is 1. The highest BCUT2D eigenvalue weighted by Crippen LogP contribution is 2.33. The highest BCUT2D eigenvalue weighted by Gasteiger charge is 2.26. The van der Waals surface area contributed by atoms with Gasteiger partial charge in [-0.2, -0.15) is 0 Å². The molecule has 3 aromatic rings. The van der Waals surface area contributed by atoms with Crippen molar-refractivity contribution in [3.8, 4) is 17.2 Å². The second-order valence-corrected chi connectivity index (χ2v) is 8.46.